The van der Waals surface area contributed by atoms with Gasteiger partial charge in [-0.1, -0.05) is 12.1 Å². The number of amides is 3. The van der Waals surface area contributed by atoms with Crippen LogP contribution in [0.15, 0.2) is 24.3 Å². The van der Waals surface area contributed by atoms with Crippen LogP contribution in [0.1, 0.15) is 12.0 Å². The lowest BCUT2D eigenvalue weighted by atomic mass is 10.1. The Morgan fingerprint density at radius 1 is 1.18 bits per heavy atom. The molecule has 3 atom stereocenters. The molecule has 0 bridgehead atoms. The Labute approximate surface area is 167 Å². The number of benzene rings is 1. The fourth-order valence-electron chi connectivity index (χ4n) is 2.08. The minimum Gasteiger partial charge on any atom is -0.410 e. The summed E-state index contributed by atoms with van der Waals surface area (Å²) in [4.78, 5) is 45.1. The zero-order chi connectivity index (χ0) is 21.1. The maximum Gasteiger partial charge on any atom is 0.412 e. The number of nitrogens with one attached hydrogen (secondary N) is 2. The summed E-state index contributed by atoms with van der Waals surface area (Å²) < 4.78 is 5.09. The van der Waals surface area contributed by atoms with Crippen LogP contribution in [0.3, 0.4) is 0 Å². The predicted molar refractivity (Wildman–Crippen MR) is 105 cm³/mol. The zero-order valence-corrected chi connectivity index (χ0v) is 16.0. The van der Waals surface area contributed by atoms with E-state index in [1.807, 2.05) is 0 Å². The topological polar surface area (TPSA) is 180 Å². The molecule has 8 N–H and O–H groups in total. The fourth-order valence-corrected chi connectivity index (χ4v) is 2.35. The Kier molecular flexibility index (Phi) is 9.99. The van der Waals surface area contributed by atoms with Crippen molar-refractivity contribution < 1.29 is 23.9 Å². The van der Waals surface area contributed by atoms with Crippen LogP contribution in [0, 0.1) is 0 Å². The number of hydrogen-bond acceptors (Lipinski definition) is 8. The molecule has 28 heavy (non-hydrogen) atoms. The highest BCUT2D eigenvalue weighted by molar-refractivity contribution is 7.80. The zero-order valence-electron chi connectivity index (χ0n) is 15.1. The van der Waals surface area contributed by atoms with Crippen molar-refractivity contribution in [1.82, 2.24) is 10.6 Å². The molecule has 0 heterocycles. The van der Waals surface area contributed by atoms with Gasteiger partial charge in [0.05, 0.1) is 12.1 Å². The first-order valence-electron chi connectivity index (χ1n) is 8.40. The van der Waals surface area contributed by atoms with Crippen molar-refractivity contribution in [3.8, 4) is 5.75 Å². The number of primary amides is 1. The molecule has 0 aliphatic carbocycles. The van der Waals surface area contributed by atoms with E-state index in [4.69, 9.17) is 21.9 Å². The lowest BCUT2D eigenvalue weighted by Gasteiger charge is -2.17. The van der Waals surface area contributed by atoms with Crippen molar-refractivity contribution in [2.75, 3.05) is 12.3 Å². The van der Waals surface area contributed by atoms with Crippen molar-refractivity contribution in [2.45, 2.75) is 31.0 Å². The van der Waals surface area contributed by atoms with Crippen molar-refractivity contribution in [1.29, 1.82) is 0 Å². The van der Waals surface area contributed by atoms with Crippen LogP contribution < -0.4 is 32.6 Å². The molecule has 0 aliphatic heterocycles. The summed E-state index contributed by atoms with van der Waals surface area (Å²) in [5.74, 6) is -0.940. The summed E-state index contributed by atoms with van der Waals surface area (Å²) in [5, 5.41) is 4.84. The molecule has 1 aromatic rings. The molecule has 11 heteroatoms. The van der Waals surface area contributed by atoms with E-state index in [9.17, 15) is 19.2 Å². The minimum atomic E-state index is -0.944. The summed E-state index contributed by atoms with van der Waals surface area (Å²) in [5.41, 5.74) is 17.1. The molecule has 1 radical (unpaired) electrons. The van der Waals surface area contributed by atoms with Gasteiger partial charge in [-0.05, 0) is 30.5 Å². The van der Waals surface area contributed by atoms with Gasteiger partial charge in [-0.2, -0.15) is 12.6 Å². The van der Waals surface area contributed by atoms with Crippen LogP contribution in [-0.4, -0.2) is 54.6 Å². The van der Waals surface area contributed by atoms with Crippen molar-refractivity contribution >= 4 is 36.8 Å². The fraction of sp³-hybridized carbons (Fsp3) is 0.412. The molecule has 1 aromatic carbocycles. The van der Waals surface area contributed by atoms with Gasteiger partial charge < -0.3 is 32.6 Å². The first kappa shape index (κ1) is 23.4. The average Bonchev–Trinajstić information content (AvgIpc) is 2.66. The van der Waals surface area contributed by atoms with E-state index >= 15 is 0 Å². The molecule has 10 nitrogen and oxygen atoms in total. The normalized spacial score (nSPS) is 13.7. The van der Waals surface area contributed by atoms with Crippen LogP contribution in [0.5, 0.6) is 5.75 Å². The average molecular weight is 410 g/mol. The van der Waals surface area contributed by atoms with Crippen LogP contribution in [0.2, 0.25) is 0 Å². The Balaban J connectivity index is 2.37. The van der Waals surface area contributed by atoms with Gasteiger partial charge in [0.15, 0.2) is 0 Å². The molecule has 0 saturated heterocycles. The quantitative estimate of drug-likeness (QED) is 0.237. The SMILES string of the molecule is NC(=O)[C@H](CS)NC(=O)[C@@H](N)CCNC(=O)Oc1ccc(C[C@H](N)[C]=O)cc1. The maximum atomic E-state index is 11.9. The van der Waals surface area contributed by atoms with E-state index in [1.165, 1.54) is 0 Å². The number of carbonyl (C=O) groups excluding carboxylic acids is 4. The molecule has 0 spiro atoms. The molecule has 1 rings (SSSR count). The number of nitrogens with two attached hydrogens (primary N) is 3. The molecular weight excluding hydrogens is 386 g/mol. The van der Waals surface area contributed by atoms with Crippen LogP contribution in [0.25, 0.3) is 0 Å². The Morgan fingerprint density at radius 3 is 2.36 bits per heavy atom. The second-order valence-corrected chi connectivity index (χ2v) is 6.30. The van der Waals surface area contributed by atoms with Crippen LogP contribution in [0.4, 0.5) is 4.79 Å². The minimum absolute atomic E-state index is 0.0521. The molecule has 0 fully saturated rings. The highest BCUT2D eigenvalue weighted by atomic mass is 32.1. The number of thiol groups is 1. The van der Waals surface area contributed by atoms with Crippen LogP contribution in [-0.2, 0) is 20.8 Å². The first-order chi connectivity index (χ1) is 13.3. The predicted octanol–water partition coefficient (Wildman–Crippen LogP) is -1.63. The molecule has 0 saturated carbocycles. The number of ether oxygens (including phenoxy) is 1. The highest BCUT2D eigenvalue weighted by Gasteiger charge is 2.20. The summed E-state index contributed by atoms with van der Waals surface area (Å²) in [6.07, 6.45) is 1.42. The van der Waals surface area contributed by atoms with E-state index in [2.05, 4.69) is 23.3 Å². The van der Waals surface area contributed by atoms with Gasteiger partial charge in [0.2, 0.25) is 18.1 Å². The van der Waals surface area contributed by atoms with Gasteiger partial charge >= 0.3 is 6.09 Å². The lowest BCUT2D eigenvalue weighted by molar-refractivity contribution is -0.127. The van der Waals surface area contributed by atoms with Gasteiger partial charge in [-0.3, -0.25) is 14.4 Å². The number of hydrogen-bond donors (Lipinski definition) is 6. The van der Waals surface area contributed by atoms with E-state index in [1.54, 1.807) is 30.6 Å². The van der Waals surface area contributed by atoms with E-state index in [-0.39, 0.29) is 18.7 Å². The molecule has 153 valence electrons. The van der Waals surface area contributed by atoms with Gasteiger partial charge in [0.25, 0.3) is 0 Å². The smallest absolute Gasteiger partial charge is 0.410 e. The Bertz CT molecular complexity index is 685. The van der Waals surface area contributed by atoms with Crippen LogP contribution >= 0.6 is 12.6 Å². The Hall–Kier alpha value is -2.63. The van der Waals surface area contributed by atoms with E-state index in [0.29, 0.717) is 12.2 Å². The molecule has 3 amide bonds. The monoisotopic (exact) mass is 410 g/mol. The number of carbonyl (C=O) groups is 3. The molecule has 0 aromatic heterocycles. The molecule has 0 unspecified atom stereocenters. The second-order valence-electron chi connectivity index (χ2n) is 5.93. The summed E-state index contributed by atoms with van der Waals surface area (Å²) >= 11 is 3.92. The summed E-state index contributed by atoms with van der Waals surface area (Å²) in [6.45, 7) is 0.0810. The molecular formula is C17H24N5O5S. The summed E-state index contributed by atoms with van der Waals surface area (Å²) in [7, 11) is 0. The van der Waals surface area contributed by atoms with Gasteiger partial charge in [0.1, 0.15) is 11.8 Å². The first-order valence-corrected chi connectivity index (χ1v) is 9.04. The third kappa shape index (κ3) is 8.37. The standard InChI is InChI=1S/C17H24N5O5S/c18-11(8-23)7-10-1-3-12(4-2-10)27-17(26)21-6-5-13(19)16(25)22-14(9-28)15(20)24/h1-4,11,13-14,28H,5-7,9,18-19H2,(H2,20,24)(H,21,26)(H,22,25)/t11-,13-,14-/m0/s1. The van der Waals surface area contributed by atoms with E-state index in [0.717, 1.165) is 5.56 Å². The van der Waals surface area contributed by atoms with Crippen molar-refractivity contribution in [3.05, 3.63) is 29.8 Å². The highest BCUT2D eigenvalue weighted by Crippen LogP contribution is 2.13. The van der Waals surface area contributed by atoms with E-state index < -0.39 is 36.0 Å². The summed E-state index contributed by atoms with van der Waals surface area (Å²) in [6, 6.07) is 3.91. The van der Waals surface area contributed by atoms with Crippen molar-refractivity contribution in [2.24, 2.45) is 17.2 Å². The maximum absolute atomic E-state index is 11.9. The van der Waals surface area contributed by atoms with Crippen molar-refractivity contribution in [3.63, 3.8) is 0 Å². The largest absolute Gasteiger partial charge is 0.412 e. The second kappa shape index (κ2) is 12.0. The van der Waals surface area contributed by atoms with Gasteiger partial charge in [-0.25, -0.2) is 4.79 Å². The lowest BCUT2D eigenvalue weighted by Crippen LogP contribution is -2.51. The number of rotatable bonds is 11. The third-order valence-corrected chi connectivity index (χ3v) is 4.01. The van der Waals surface area contributed by atoms with Gasteiger partial charge in [0, 0.05) is 12.3 Å². The molecule has 0 aliphatic rings. The van der Waals surface area contributed by atoms with Gasteiger partial charge in [-0.15, -0.1) is 0 Å². The Morgan fingerprint density at radius 2 is 1.82 bits per heavy atom. The third-order valence-electron chi connectivity index (χ3n) is 3.64.